The zero-order chi connectivity index (χ0) is 42.7. The number of benzene rings is 11. The topological polar surface area (TPSA) is 0 Å². The quantitative estimate of drug-likeness (QED) is 0.111. The zero-order valence-corrected chi connectivity index (χ0v) is 36.3. The molecule has 11 aromatic carbocycles. The lowest BCUT2D eigenvalue weighted by atomic mass is 9.83. The van der Waals surface area contributed by atoms with Gasteiger partial charge in [0.05, 0.1) is 0 Å². The number of hydrogen-bond acceptors (Lipinski definition) is 1. The van der Waals surface area contributed by atoms with Crippen molar-refractivity contribution in [2.24, 2.45) is 0 Å². The van der Waals surface area contributed by atoms with Crippen LogP contribution in [0.15, 0.2) is 225 Å². The minimum atomic E-state index is 1.20. The van der Waals surface area contributed by atoms with Crippen molar-refractivity contribution in [1.29, 1.82) is 0 Å². The first kappa shape index (κ1) is 37.9. The molecule has 0 aliphatic rings. The van der Waals surface area contributed by atoms with Gasteiger partial charge in [0, 0.05) is 25.7 Å². The number of allylic oxidation sites excluding steroid dienone is 2. The third-order valence-corrected chi connectivity index (χ3v) is 14.4. The maximum Gasteiger partial charge on any atom is 0.0434 e. The van der Waals surface area contributed by atoms with Gasteiger partial charge < -0.3 is 0 Å². The highest BCUT2D eigenvalue weighted by atomic mass is 32.1. The highest BCUT2D eigenvalue weighted by Gasteiger charge is 2.23. The Balaban J connectivity index is 1.09. The average molecular weight is 831 g/mol. The maximum absolute atomic E-state index is 4.09. The van der Waals surface area contributed by atoms with Crippen LogP contribution in [0.25, 0.3) is 125 Å². The van der Waals surface area contributed by atoms with E-state index in [1.807, 2.05) is 17.4 Å². The standard InChI is InChI=1S/C63H42S/c1-3-4-23-45-40(2)58(48-25-10-11-26-49(48)59(45)44-38-36-42(37-39-44)47-31-16-22-41-19-8-9-24-46(41)47)55-33-17-34-56-62-54(32-18-35-57(62)64-63(55)56)61-52-29-14-12-27-50(52)60(43-20-6-5-7-21-43)51-28-13-15-30-53(51)61/h3-39H,1H2,2H3/b23-4-. The van der Waals surface area contributed by atoms with E-state index in [2.05, 4.69) is 232 Å². The fourth-order valence-corrected chi connectivity index (χ4v) is 11.7. The molecule has 300 valence electrons. The van der Waals surface area contributed by atoms with Gasteiger partial charge in [-0.25, -0.2) is 0 Å². The molecule has 12 aromatic rings. The molecule has 1 aromatic heterocycles. The first-order chi connectivity index (χ1) is 31.7. The van der Waals surface area contributed by atoms with E-state index in [-0.39, 0.29) is 0 Å². The molecular weight excluding hydrogens is 789 g/mol. The van der Waals surface area contributed by atoms with Crippen LogP contribution in [0.3, 0.4) is 0 Å². The van der Waals surface area contributed by atoms with Gasteiger partial charge in [0.15, 0.2) is 0 Å². The van der Waals surface area contributed by atoms with Crippen LogP contribution in [-0.4, -0.2) is 0 Å². The van der Waals surface area contributed by atoms with Gasteiger partial charge in [0.2, 0.25) is 0 Å². The lowest BCUT2D eigenvalue weighted by Gasteiger charge is -2.20. The van der Waals surface area contributed by atoms with Crippen LogP contribution < -0.4 is 0 Å². The molecule has 0 bridgehead atoms. The minimum Gasteiger partial charge on any atom is -0.135 e. The van der Waals surface area contributed by atoms with Gasteiger partial charge in [-0.15, -0.1) is 11.3 Å². The van der Waals surface area contributed by atoms with E-state index in [0.717, 1.165) is 0 Å². The van der Waals surface area contributed by atoms with Crippen molar-refractivity contribution in [2.45, 2.75) is 6.92 Å². The molecule has 0 aliphatic heterocycles. The van der Waals surface area contributed by atoms with E-state index in [4.69, 9.17) is 0 Å². The van der Waals surface area contributed by atoms with Crippen molar-refractivity contribution in [3.63, 3.8) is 0 Å². The maximum atomic E-state index is 4.09. The second-order valence-electron chi connectivity index (χ2n) is 16.7. The highest BCUT2D eigenvalue weighted by molar-refractivity contribution is 7.26. The molecule has 1 heteroatoms. The Labute approximate surface area is 377 Å². The second-order valence-corrected chi connectivity index (χ2v) is 17.8. The molecule has 0 radical (unpaired) electrons. The van der Waals surface area contributed by atoms with Gasteiger partial charge in [-0.05, 0) is 117 Å². The number of hydrogen-bond donors (Lipinski definition) is 0. The Morgan fingerprint density at radius 2 is 0.859 bits per heavy atom. The van der Waals surface area contributed by atoms with E-state index in [1.54, 1.807) is 0 Å². The summed E-state index contributed by atoms with van der Waals surface area (Å²) in [6.45, 7) is 6.40. The van der Waals surface area contributed by atoms with Gasteiger partial charge in [0.1, 0.15) is 0 Å². The smallest absolute Gasteiger partial charge is 0.0434 e. The lowest BCUT2D eigenvalue weighted by molar-refractivity contribution is 1.46. The van der Waals surface area contributed by atoms with Crippen LogP contribution in [0, 0.1) is 6.92 Å². The molecule has 0 unspecified atom stereocenters. The van der Waals surface area contributed by atoms with Crippen LogP contribution >= 0.6 is 11.3 Å². The summed E-state index contributed by atoms with van der Waals surface area (Å²) in [5.41, 5.74) is 15.0. The van der Waals surface area contributed by atoms with Crippen molar-refractivity contribution in [3.8, 4) is 55.6 Å². The van der Waals surface area contributed by atoms with Gasteiger partial charge in [0.25, 0.3) is 0 Å². The van der Waals surface area contributed by atoms with Crippen LogP contribution in [-0.2, 0) is 0 Å². The SMILES string of the molecule is C=C/C=C\c1c(C)c(-c2cccc3c2sc2cccc(-c4c5ccccc5c(-c5ccccc5)c5ccccc45)c23)c2ccccc2c1-c1ccc(-c2cccc3ccccc23)cc1. The predicted octanol–water partition coefficient (Wildman–Crippen LogP) is 18.5. The van der Waals surface area contributed by atoms with Gasteiger partial charge in [-0.1, -0.05) is 225 Å². The molecule has 0 spiro atoms. The van der Waals surface area contributed by atoms with E-state index in [9.17, 15) is 0 Å². The monoisotopic (exact) mass is 830 g/mol. The summed E-state index contributed by atoms with van der Waals surface area (Å²) < 4.78 is 2.59. The van der Waals surface area contributed by atoms with E-state index >= 15 is 0 Å². The Morgan fingerprint density at radius 1 is 0.375 bits per heavy atom. The lowest BCUT2D eigenvalue weighted by Crippen LogP contribution is -1.96. The molecule has 0 nitrogen and oxygen atoms in total. The molecule has 0 saturated carbocycles. The number of thiophene rings is 1. The fourth-order valence-electron chi connectivity index (χ4n) is 10.5. The fraction of sp³-hybridized carbons (Fsp3) is 0.0159. The largest absolute Gasteiger partial charge is 0.135 e. The molecular formula is C63H42S. The Hall–Kier alpha value is -7.84. The highest BCUT2D eigenvalue weighted by Crippen LogP contribution is 2.51. The Morgan fingerprint density at radius 3 is 1.55 bits per heavy atom. The zero-order valence-electron chi connectivity index (χ0n) is 35.5. The molecule has 12 rings (SSSR count). The predicted molar refractivity (Wildman–Crippen MR) is 281 cm³/mol. The summed E-state index contributed by atoms with van der Waals surface area (Å²) in [5, 5.41) is 12.7. The molecule has 1 heterocycles. The average Bonchev–Trinajstić information content (AvgIpc) is 3.75. The van der Waals surface area contributed by atoms with Crippen LogP contribution in [0.4, 0.5) is 0 Å². The molecule has 0 aliphatic carbocycles. The first-order valence-electron chi connectivity index (χ1n) is 22.0. The van der Waals surface area contributed by atoms with Crippen molar-refractivity contribution >= 4 is 80.7 Å². The third kappa shape index (κ3) is 5.97. The van der Waals surface area contributed by atoms with E-state index < -0.39 is 0 Å². The van der Waals surface area contributed by atoms with Crippen molar-refractivity contribution in [3.05, 3.63) is 236 Å². The normalized spacial score (nSPS) is 11.8. The van der Waals surface area contributed by atoms with E-state index in [0.29, 0.717) is 0 Å². The third-order valence-electron chi connectivity index (χ3n) is 13.2. The summed E-state index contributed by atoms with van der Waals surface area (Å²) in [4.78, 5) is 0. The van der Waals surface area contributed by atoms with Gasteiger partial charge >= 0.3 is 0 Å². The minimum absolute atomic E-state index is 1.20. The van der Waals surface area contributed by atoms with Gasteiger partial charge in [-0.3, -0.25) is 0 Å². The number of fused-ring (bicyclic) bond motifs is 7. The van der Waals surface area contributed by atoms with Crippen LogP contribution in [0.2, 0.25) is 0 Å². The summed E-state index contributed by atoms with van der Waals surface area (Å²) in [5.74, 6) is 0. The molecule has 0 saturated heterocycles. The van der Waals surface area contributed by atoms with Crippen LogP contribution in [0.5, 0.6) is 0 Å². The Kier molecular flexibility index (Phi) is 9.18. The number of rotatable bonds is 7. The molecule has 0 amide bonds. The summed E-state index contributed by atoms with van der Waals surface area (Å²) in [6, 6.07) is 76.1. The molecule has 0 N–H and O–H groups in total. The first-order valence-corrected chi connectivity index (χ1v) is 22.9. The summed E-state index contributed by atoms with van der Waals surface area (Å²) in [6.07, 6.45) is 6.22. The van der Waals surface area contributed by atoms with Crippen molar-refractivity contribution < 1.29 is 0 Å². The summed E-state index contributed by atoms with van der Waals surface area (Å²) >= 11 is 1.91. The molecule has 0 atom stereocenters. The van der Waals surface area contributed by atoms with E-state index in [1.165, 1.54) is 130 Å². The van der Waals surface area contributed by atoms with Crippen molar-refractivity contribution in [2.75, 3.05) is 0 Å². The second kappa shape index (κ2) is 15.5. The molecule has 0 fully saturated rings. The summed E-state index contributed by atoms with van der Waals surface area (Å²) in [7, 11) is 0. The molecule has 64 heavy (non-hydrogen) atoms. The van der Waals surface area contributed by atoms with Crippen molar-refractivity contribution in [1.82, 2.24) is 0 Å². The Bertz CT molecular complexity index is 3780. The van der Waals surface area contributed by atoms with Gasteiger partial charge in [-0.2, -0.15) is 0 Å². The van der Waals surface area contributed by atoms with Crippen LogP contribution in [0.1, 0.15) is 11.1 Å².